The molecule has 1 aromatic heterocycles. The lowest BCUT2D eigenvalue weighted by atomic mass is 10.0. The molecule has 1 aliphatic rings. The number of ether oxygens (including phenoxy) is 1. The van der Waals surface area contributed by atoms with Crippen LogP contribution in [0, 0.1) is 13.8 Å². The molecular weight excluding hydrogens is 432 g/mol. The zero-order valence-corrected chi connectivity index (χ0v) is 19.5. The van der Waals surface area contributed by atoms with Crippen molar-refractivity contribution in [3.8, 4) is 5.75 Å². The van der Waals surface area contributed by atoms with Crippen LogP contribution in [0.25, 0.3) is 0 Å². The summed E-state index contributed by atoms with van der Waals surface area (Å²) in [6.07, 6.45) is 1.57. The minimum atomic E-state index is -0.158. The van der Waals surface area contributed by atoms with Gasteiger partial charge in [0.2, 0.25) is 5.91 Å². The fourth-order valence-electron chi connectivity index (χ4n) is 4.06. The highest BCUT2D eigenvalue weighted by Gasteiger charge is 2.24. The van der Waals surface area contributed by atoms with Crippen molar-refractivity contribution in [2.45, 2.75) is 39.3 Å². The molecule has 2 amide bonds. The third-order valence-corrected chi connectivity index (χ3v) is 6.03. The third-order valence-electron chi connectivity index (χ3n) is 6.03. The lowest BCUT2D eigenvalue weighted by Crippen LogP contribution is -2.46. The van der Waals surface area contributed by atoms with Crippen LogP contribution in [-0.4, -0.2) is 47.5 Å². The molecule has 1 aliphatic heterocycles. The van der Waals surface area contributed by atoms with Gasteiger partial charge in [0.1, 0.15) is 18.1 Å². The summed E-state index contributed by atoms with van der Waals surface area (Å²) in [6, 6.07) is 16.7. The molecule has 1 fully saturated rings. The van der Waals surface area contributed by atoms with Gasteiger partial charge in [-0.05, 0) is 51.0 Å². The van der Waals surface area contributed by atoms with Crippen molar-refractivity contribution >= 4 is 17.5 Å². The van der Waals surface area contributed by atoms with Crippen LogP contribution >= 0.6 is 0 Å². The molecule has 0 aliphatic carbocycles. The van der Waals surface area contributed by atoms with E-state index in [0.29, 0.717) is 23.6 Å². The highest BCUT2D eigenvalue weighted by atomic mass is 16.5. The Morgan fingerprint density at radius 3 is 2.47 bits per heavy atom. The van der Waals surface area contributed by atoms with E-state index in [9.17, 15) is 9.59 Å². The largest absolute Gasteiger partial charge is 0.488 e. The van der Waals surface area contributed by atoms with Gasteiger partial charge < -0.3 is 19.9 Å². The van der Waals surface area contributed by atoms with Crippen LogP contribution in [0.1, 0.15) is 40.2 Å². The zero-order valence-electron chi connectivity index (χ0n) is 19.5. The molecular formula is C26H30N4O4. The van der Waals surface area contributed by atoms with E-state index in [1.807, 2.05) is 56.3 Å². The number of carbonyl (C=O) groups is 2. The first-order valence-corrected chi connectivity index (χ1v) is 11.5. The summed E-state index contributed by atoms with van der Waals surface area (Å²) in [7, 11) is 0. The molecule has 3 aromatic rings. The summed E-state index contributed by atoms with van der Waals surface area (Å²) < 4.78 is 11.1. The number of para-hydroxylation sites is 2. The van der Waals surface area contributed by atoms with Crippen molar-refractivity contribution in [1.82, 2.24) is 15.4 Å². The Kier molecular flexibility index (Phi) is 7.59. The van der Waals surface area contributed by atoms with Crippen LogP contribution in [0.4, 0.5) is 5.69 Å². The summed E-state index contributed by atoms with van der Waals surface area (Å²) in [4.78, 5) is 27.4. The number of likely N-dealkylation sites (tertiary alicyclic amines) is 1. The number of amides is 2. The van der Waals surface area contributed by atoms with Crippen molar-refractivity contribution < 1.29 is 18.8 Å². The fraction of sp³-hybridized carbons (Fsp3) is 0.346. The number of carbonyl (C=O) groups excluding carboxylic acids is 2. The number of rotatable bonds is 8. The molecule has 2 aromatic carbocycles. The molecule has 8 heteroatoms. The van der Waals surface area contributed by atoms with Crippen LogP contribution in [-0.2, 0) is 11.4 Å². The summed E-state index contributed by atoms with van der Waals surface area (Å²) in [5, 5.41) is 9.99. The first kappa shape index (κ1) is 23.5. The van der Waals surface area contributed by atoms with Gasteiger partial charge in [0.25, 0.3) is 5.91 Å². The maximum atomic E-state index is 13.0. The lowest BCUT2D eigenvalue weighted by molar-refractivity contribution is -0.117. The third kappa shape index (κ3) is 6.02. The average molecular weight is 463 g/mol. The monoisotopic (exact) mass is 462 g/mol. The normalized spacial score (nSPS) is 14.5. The molecule has 34 heavy (non-hydrogen) atoms. The van der Waals surface area contributed by atoms with E-state index in [1.54, 1.807) is 12.1 Å². The number of hydrogen-bond donors (Lipinski definition) is 2. The summed E-state index contributed by atoms with van der Waals surface area (Å²) in [6.45, 7) is 5.83. The Morgan fingerprint density at radius 2 is 1.76 bits per heavy atom. The van der Waals surface area contributed by atoms with Crippen LogP contribution in [0.15, 0.2) is 59.1 Å². The summed E-state index contributed by atoms with van der Waals surface area (Å²) in [5.41, 5.74) is 2.96. The van der Waals surface area contributed by atoms with Crippen molar-refractivity contribution in [2.24, 2.45) is 0 Å². The molecule has 2 N–H and O–H groups in total. The number of aromatic nitrogens is 1. The lowest BCUT2D eigenvalue weighted by Gasteiger charge is -2.32. The van der Waals surface area contributed by atoms with Gasteiger partial charge in [0.15, 0.2) is 0 Å². The number of nitrogens with one attached hydrogen (secondary N) is 2. The van der Waals surface area contributed by atoms with Crippen LogP contribution < -0.4 is 15.4 Å². The zero-order chi connectivity index (χ0) is 23.9. The SMILES string of the molecule is Cc1noc(C)c1COc1ccccc1C(=O)NC1CCN(CC(=O)Nc2ccccc2)CC1. The van der Waals surface area contributed by atoms with Crippen molar-refractivity contribution in [3.05, 3.63) is 77.2 Å². The number of benzene rings is 2. The van der Waals surface area contributed by atoms with Crippen LogP contribution in [0.5, 0.6) is 5.75 Å². The first-order valence-electron chi connectivity index (χ1n) is 11.5. The van der Waals surface area contributed by atoms with Crippen LogP contribution in [0.2, 0.25) is 0 Å². The molecule has 0 unspecified atom stereocenters. The Bertz CT molecular complexity index is 1100. The number of nitrogens with zero attached hydrogens (tertiary/aromatic N) is 2. The minimum absolute atomic E-state index is 0.0296. The molecule has 0 saturated carbocycles. The number of anilines is 1. The average Bonchev–Trinajstić information content (AvgIpc) is 3.16. The molecule has 1 saturated heterocycles. The molecule has 0 atom stereocenters. The van der Waals surface area contributed by atoms with E-state index in [1.165, 1.54) is 0 Å². The summed E-state index contributed by atoms with van der Waals surface area (Å²) in [5.74, 6) is 1.05. The first-order chi connectivity index (χ1) is 16.5. The maximum absolute atomic E-state index is 13.0. The second-order valence-corrected chi connectivity index (χ2v) is 8.53. The fourth-order valence-corrected chi connectivity index (χ4v) is 4.06. The number of aryl methyl sites for hydroxylation is 2. The van der Waals surface area contributed by atoms with E-state index in [2.05, 4.69) is 20.7 Å². The molecule has 2 heterocycles. The quantitative estimate of drug-likeness (QED) is 0.530. The van der Waals surface area contributed by atoms with E-state index in [-0.39, 0.29) is 24.5 Å². The van der Waals surface area contributed by atoms with Gasteiger partial charge in [-0.1, -0.05) is 35.5 Å². The van der Waals surface area contributed by atoms with Gasteiger partial charge in [0.05, 0.1) is 23.4 Å². The van der Waals surface area contributed by atoms with Crippen molar-refractivity contribution in [3.63, 3.8) is 0 Å². The molecule has 0 bridgehead atoms. The van der Waals surface area contributed by atoms with Crippen molar-refractivity contribution in [2.75, 3.05) is 25.0 Å². The van der Waals surface area contributed by atoms with E-state index < -0.39 is 0 Å². The van der Waals surface area contributed by atoms with E-state index in [4.69, 9.17) is 9.26 Å². The molecule has 0 spiro atoms. The number of piperidine rings is 1. The topological polar surface area (TPSA) is 96.7 Å². The maximum Gasteiger partial charge on any atom is 0.255 e. The van der Waals surface area contributed by atoms with Gasteiger partial charge >= 0.3 is 0 Å². The Balaban J connectivity index is 1.27. The molecule has 178 valence electrons. The summed E-state index contributed by atoms with van der Waals surface area (Å²) >= 11 is 0. The minimum Gasteiger partial charge on any atom is -0.488 e. The second-order valence-electron chi connectivity index (χ2n) is 8.53. The van der Waals surface area contributed by atoms with E-state index >= 15 is 0 Å². The number of hydrogen-bond acceptors (Lipinski definition) is 6. The highest BCUT2D eigenvalue weighted by molar-refractivity contribution is 5.97. The second kappa shape index (κ2) is 11.0. The Hall–Kier alpha value is -3.65. The molecule has 8 nitrogen and oxygen atoms in total. The smallest absolute Gasteiger partial charge is 0.255 e. The van der Waals surface area contributed by atoms with Gasteiger partial charge in [0, 0.05) is 24.8 Å². The molecule has 4 rings (SSSR count). The van der Waals surface area contributed by atoms with Gasteiger partial charge in [-0.2, -0.15) is 0 Å². The van der Waals surface area contributed by atoms with Gasteiger partial charge in [-0.3, -0.25) is 14.5 Å². The van der Waals surface area contributed by atoms with Crippen LogP contribution in [0.3, 0.4) is 0 Å². The predicted octanol–water partition coefficient (Wildman–Crippen LogP) is 3.70. The highest BCUT2D eigenvalue weighted by Crippen LogP contribution is 2.22. The Labute approximate surface area is 199 Å². The standard InChI is InChI=1S/C26H30N4O4/c1-18-23(19(2)34-29-18)17-33-24-11-7-6-10-22(24)26(32)28-21-12-14-30(15-13-21)16-25(31)27-20-8-4-3-5-9-20/h3-11,21H,12-17H2,1-2H3,(H,27,31)(H,28,32). The Morgan fingerprint density at radius 1 is 1.06 bits per heavy atom. The van der Waals surface area contributed by atoms with Crippen molar-refractivity contribution in [1.29, 1.82) is 0 Å². The van der Waals surface area contributed by atoms with Gasteiger partial charge in [-0.15, -0.1) is 0 Å². The predicted molar refractivity (Wildman–Crippen MR) is 129 cm³/mol. The van der Waals surface area contributed by atoms with Gasteiger partial charge in [-0.25, -0.2) is 0 Å². The molecule has 0 radical (unpaired) electrons. The van der Waals surface area contributed by atoms with E-state index in [0.717, 1.165) is 42.9 Å².